The number of carbonyl (C=O) groups excluding carboxylic acids is 2. The van der Waals surface area contributed by atoms with Crippen molar-refractivity contribution in [3.63, 3.8) is 0 Å². The zero-order valence-corrected chi connectivity index (χ0v) is 19.9. The number of hydrogen-bond donors (Lipinski definition) is 1. The number of anilines is 1. The topological polar surface area (TPSA) is 119 Å². The molecule has 1 unspecified atom stereocenters. The number of rotatable bonds is 6. The Morgan fingerprint density at radius 2 is 1.68 bits per heavy atom. The number of alkyl halides is 3. The third-order valence-electron chi connectivity index (χ3n) is 5.98. The van der Waals surface area contributed by atoms with Gasteiger partial charge in [0.25, 0.3) is 17.4 Å². The van der Waals surface area contributed by atoms with Gasteiger partial charge >= 0.3 is 6.18 Å². The second-order valence-electron chi connectivity index (χ2n) is 8.13. The summed E-state index contributed by atoms with van der Waals surface area (Å²) in [6.45, 7) is 0. The van der Waals surface area contributed by atoms with E-state index in [1.165, 1.54) is 50.6 Å². The van der Waals surface area contributed by atoms with Crippen molar-refractivity contribution in [1.29, 1.82) is 0 Å². The van der Waals surface area contributed by atoms with E-state index in [1.807, 2.05) is 0 Å². The Bertz CT molecular complexity index is 1470. The number of amides is 1. The van der Waals surface area contributed by atoms with E-state index in [4.69, 9.17) is 9.47 Å². The minimum atomic E-state index is -4.73. The Balaban J connectivity index is 1.98. The molecule has 1 aliphatic heterocycles. The molecule has 1 fully saturated rings. The van der Waals surface area contributed by atoms with Crippen LogP contribution in [0.4, 0.5) is 24.5 Å². The van der Waals surface area contributed by atoms with Gasteiger partial charge in [-0.25, -0.2) is 0 Å². The number of methoxy groups -OCH3 is 2. The summed E-state index contributed by atoms with van der Waals surface area (Å²) in [6.07, 6.45) is -4.73. The summed E-state index contributed by atoms with van der Waals surface area (Å²) in [5.41, 5.74) is -1.85. The Labute approximate surface area is 213 Å². The van der Waals surface area contributed by atoms with E-state index in [2.05, 4.69) is 0 Å². The van der Waals surface area contributed by atoms with E-state index >= 15 is 0 Å². The largest absolute Gasteiger partial charge is 0.507 e. The van der Waals surface area contributed by atoms with Crippen molar-refractivity contribution in [2.24, 2.45) is 0 Å². The van der Waals surface area contributed by atoms with Crippen LogP contribution < -0.4 is 14.4 Å². The molecular weight excluding hydrogens is 509 g/mol. The zero-order valence-electron chi connectivity index (χ0n) is 19.9. The van der Waals surface area contributed by atoms with Crippen molar-refractivity contribution in [3.05, 3.63) is 99.1 Å². The number of non-ortho nitro benzene ring substituents is 1. The Morgan fingerprint density at radius 3 is 2.26 bits per heavy atom. The predicted molar refractivity (Wildman–Crippen MR) is 129 cm³/mol. The number of nitro benzene ring substituents is 1. The normalized spacial score (nSPS) is 17.0. The molecule has 1 amide bonds. The summed E-state index contributed by atoms with van der Waals surface area (Å²) in [6, 6.07) is 11.4. The number of hydrogen-bond acceptors (Lipinski definition) is 7. The number of ketones is 1. The van der Waals surface area contributed by atoms with Crippen molar-refractivity contribution < 1.29 is 42.3 Å². The number of carbonyl (C=O) groups is 2. The molecule has 3 aromatic carbocycles. The second-order valence-corrected chi connectivity index (χ2v) is 8.13. The highest BCUT2D eigenvalue weighted by molar-refractivity contribution is 6.51. The maximum absolute atomic E-state index is 13.5. The number of nitro groups is 1. The van der Waals surface area contributed by atoms with Crippen LogP contribution in [0.25, 0.3) is 5.76 Å². The fourth-order valence-electron chi connectivity index (χ4n) is 4.17. The number of aliphatic hydroxyl groups excluding tert-OH is 1. The molecule has 0 aliphatic carbocycles. The minimum absolute atomic E-state index is 0.0184. The molecule has 1 heterocycles. The fourth-order valence-corrected chi connectivity index (χ4v) is 4.17. The van der Waals surface area contributed by atoms with Gasteiger partial charge in [0.1, 0.15) is 17.3 Å². The molecule has 12 heteroatoms. The fraction of sp³-hybridized carbons (Fsp3) is 0.154. The first-order chi connectivity index (χ1) is 18.0. The molecule has 0 aromatic heterocycles. The van der Waals surface area contributed by atoms with Crippen molar-refractivity contribution in [1.82, 2.24) is 0 Å². The van der Waals surface area contributed by atoms with Gasteiger partial charge in [0.15, 0.2) is 0 Å². The first-order valence-corrected chi connectivity index (χ1v) is 10.9. The lowest BCUT2D eigenvalue weighted by molar-refractivity contribution is -0.384. The molecule has 9 nitrogen and oxygen atoms in total. The summed E-state index contributed by atoms with van der Waals surface area (Å²) in [5, 5.41) is 22.2. The molecule has 38 heavy (non-hydrogen) atoms. The predicted octanol–water partition coefficient (Wildman–Crippen LogP) is 5.26. The standard InChI is InChI=1S/C26H19F3N2O7/c1-37-18-10-11-19(20(13-18)38-2)22-21(23(32)14-6-8-16(9-7-14)31(35)36)24(33)25(34)30(22)17-5-3-4-15(12-17)26(27,28)29/h3-13,22,32H,1-2H3/b23-21+. The molecule has 1 aliphatic rings. The highest BCUT2D eigenvalue weighted by Gasteiger charge is 2.48. The van der Waals surface area contributed by atoms with E-state index in [0.717, 1.165) is 35.2 Å². The zero-order chi connectivity index (χ0) is 27.8. The monoisotopic (exact) mass is 528 g/mol. The van der Waals surface area contributed by atoms with E-state index in [1.54, 1.807) is 0 Å². The lowest BCUT2D eigenvalue weighted by Gasteiger charge is -2.27. The molecule has 1 atom stereocenters. The van der Waals surface area contributed by atoms with Gasteiger partial charge in [-0.15, -0.1) is 0 Å². The number of benzene rings is 3. The van der Waals surface area contributed by atoms with Gasteiger partial charge in [-0.1, -0.05) is 6.07 Å². The van der Waals surface area contributed by atoms with E-state index < -0.39 is 45.7 Å². The van der Waals surface area contributed by atoms with E-state index in [0.29, 0.717) is 5.75 Å². The first kappa shape index (κ1) is 26.2. The van der Waals surface area contributed by atoms with Gasteiger partial charge < -0.3 is 14.6 Å². The lowest BCUT2D eigenvalue weighted by Crippen LogP contribution is -2.30. The quantitative estimate of drug-likeness (QED) is 0.152. The summed E-state index contributed by atoms with van der Waals surface area (Å²) >= 11 is 0. The van der Waals surface area contributed by atoms with Crippen molar-refractivity contribution >= 4 is 28.8 Å². The average molecular weight is 528 g/mol. The number of aliphatic hydroxyl groups is 1. The lowest BCUT2D eigenvalue weighted by atomic mass is 9.94. The Morgan fingerprint density at radius 1 is 1.00 bits per heavy atom. The third-order valence-corrected chi connectivity index (χ3v) is 5.98. The highest BCUT2D eigenvalue weighted by atomic mass is 19.4. The molecule has 1 saturated heterocycles. The van der Waals surface area contributed by atoms with Gasteiger partial charge in [0.2, 0.25) is 0 Å². The van der Waals surface area contributed by atoms with Crippen LogP contribution >= 0.6 is 0 Å². The van der Waals surface area contributed by atoms with Crippen LogP contribution in [0.2, 0.25) is 0 Å². The number of Topliss-reactive ketones (excluding diaryl/α,β-unsaturated/α-hetero) is 1. The van der Waals surface area contributed by atoms with Crippen LogP contribution in [0.1, 0.15) is 22.7 Å². The Kier molecular flexibility index (Phi) is 6.81. The maximum atomic E-state index is 13.5. The van der Waals surface area contributed by atoms with E-state index in [-0.39, 0.29) is 28.3 Å². The minimum Gasteiger partial charge on any atom is -0.507 e. The molecular formula is C26H19F3N2O7. The molecule has 196 valence electrons. The van der Waals surface area contributed by atoms with Crippen molar-refractivity contribution in [3.8, 4) is 11.5 Å². The summed E-state index contributed by atoms with van der Waals surface area (Å²) in [4.78, 5) is 37.7. The Hall–Kier alpha value is -4.87. The van der Waals surface area contributed by atoms with Crippen LogP contribution in [0, 0.1) is 10.1 Å². The van der Waals surface area contributed by atoms with E-state index in [9.17, 15) is 38.0 Å². The van der Waals surface area contributed by atoms with Crippen molar-refractivity contribution in [2.75, 3.05) is 19.1 Å². The number of halogens is 3. The SMILES string of the molecule is COc1ccc(C2/C(=C(\O)c3ccc([N+](=O)[O-])cc3)C(=O)C(=O)N2c2cccc(C(F)(F)F)c2)c(OC)c1. The molecule has 1 N–H and O–H groups in total. The van der Waals surface area contributed by atoms with Crippen LogP contribution in [0.15, 0.2) is 72.3 Å². The molecule has 0 saturated carbocycles. The second kappa shape index (κ2) is 9.88. The molecule has 0 spiro atoms. The summed E-state index contributed by atoms with van der Waals surface area (Å²) in [5.74, 6) is -2.53. The van der Waals surface area contributed by atoms with Gasteiger partial charge in [-0.05, 0) is 42.5 Å². The van der Waals surface area contributed by atoms with Crippen LogP contribution in [0.5, 0.6) is 11.5 Å². The molecule has 0 bridgehead atoms. The maximum Gasteiger partial charge on any atom is 0.416 e. The van der Waals surface area contributed by atoms with Crippen LogP contribution in [-0.2, 0) is 15.8 Å². The molecule has 4 rings (SSSR count). The van der Waals surface area contributed by atoms with Gasteiger partial charge in [-0.2, -0.15) is 13.2 Å². The third kappa shape index (κ3) is 4.63. The smallest absolute Gasteiger partial charge is 0.416 e. The molecule has 3 aromatic rings. The average Bonchev–Trinajstić information content (AvgIpc) is 3.17. The highest BCUT2D eigenvalue weighted by Crippen LogP contribution is 2.46. The van der Waals surface area contributed by atoms with Gasteiger partial charge in [0, 0.05) is 35.0 Å². The summed E-state index contributed by atoms with van der Waals surface area (Å²) in [7, 11) is 2.71. The number of nitrogens with zero attached hydrogens (tertiary/aromatic N) is 2. The number of ether oxygens (including phenoxy) is 2. The van der Waals surface area contributed by atoms with Crippen LogP contribution in [0.3, 0.4) is 0 Å². The van der Waals surface area contributed by atoms with Crippen molar-refractivity contribution in [2.45, 2.75) is 12.2 Å². The summed E-state index contributed by atoms with van der Waals surface area (Å²) < 4.78 is 51.0. The molecule has 0 radical (unpaired) electrons. The van der Waals surface area contributed by atoms with Crippen LogP contribution in [-0.4, -0.2) is 35.9 Å². The van der Waals surface area contributed by atoms with Gasteiger partial charge in [0.05, 0.1) is 36.3 Å². The first-order valence-electron chi connectivity index (χ1n) is 10.9. The van der Waals surface area contributed by atoms with Gasteiger partial charge in [-0.3, -0.25) is 24.6 Å².